The number of nitrogens with one attached hydrogen (secondary N) is 1. The largest absolute Gasteiger partial charge is 0.466 e. The number of aliphatic hydroxyl groups is 2. The van der Waals surface area contributed by atoms with Crippen LogP contribution in [0, 0.1) is 0 Å². The van der Waals surface area contributed by atoms with Crippen molar-refractivity contribution in [1.82, 2.24) is 5.32 Å². The molecule has 0 saturated heterocycles. The summed E-state index contributed by atoms with van der Waals surface area (Å²) in [4.78, 5) is 24.5. The number of carbonyl (C=O) groups is 2. The Kier molecular flexibility index (Phi) is 50.6. The maximum atomic E-state index is 12.4. The Morgan fingerprint density at radius 3 is 1.15 bits per heavy atom. The second-order valence-electron chi connectivity index (χ2n) is 18.9. The number of carbonyl (C=O) groups excluding carboxylic acids is 2. The summed E-state index contributed by atoms with van der Waals surface area (Å²) in [5.41, 5.74) is 0. The zero-order valence-electron chi connectivity index (χ0n) is 41.6. The summed E-state index contributed by atoms with van der Waals surface area (Å²) in [5.74, 6) is -0.0770. The third kappa shape index (κ3) is 47.8. The highest BCUT2D eigenvalue weighted by Gasteiger charge is 2.18. The van der Waals surface area contributed by atoms with Gasteiger partial charge in [-0.3, -0.25) is 9.59 Å². The van der Waals surface area contributed by atoms with Crippen molar-refractivity contribution in [1.29, 1.82) is 0 Å². The Hall–Kier alpha value is -1.66. The van der Waals surface area contributed by atoms with E-state index in [1.54, 1.807) is 6.08 Å². The van der Waals surface area contributed by atoms with Crippen LogP contribution in [0.3, 0.4) is 0 Å². The van der Waals surface area contributed by atoms with Gasteiger partial charge in [0.15, 0.2) is 0 Å². The minimum Gasteiger partial charge on any atom is -0.466 e. The molecule has 0 bridgehead atoms. The Labute approximate surface area is 386 Å². The van der Waals surface area contributed by atoms with Gasteiger partial charge in [-0.05, 0) is 57.8 Å². The molecule has 0 aromatic carbocycles. The molecule has 6 nitrogen and oxygen atoms in total. The molecule has 62 heavy (non-hydrogen) atoms. The summed E-state index contributed by atoms with van der Waals surface area (Å²) in [7, 11) is 0. The second kappa shape index (κ2) is 52.0. The van der Waals surface area contributed by atoms with Crippen LogP contribution in [0.25, 0.3) is 0 Å². The first-order valence-corrected chi connectivity index (χ1v) is 27.6. The zero-order valence-corrected chi connectivity index (χ0v) is 41.6. The molecule has 0 fully saturated rings. The smallest absolute Gasteiger partial charge is 0.305 e. The van der Waals surface area contributed by atoms with Gasteiger partial charge in [0, 0.05) is 12.8 Å². The fraction of sp³-hybridized carbons (Fsp3) is 0.893. The summed E-state index contributed by atoms with van der Waals surface area (Å²) >= 11 is 0. The van der Waals surface area contributed by atoms with Crippen LogP contribution in [0.1, 0.15) is 296 Å². The van der Waals surface area contributed by atoms with Crippen LogP contribution in [-0.4, -0.2) is 47.4 Å². The van der Waals surface area contributed by atoms with Crippen molar-refractivity contribution < 1.29 is 24.5 Å². The Bertz CT molecular complexity index is 966. The van der Waals surface area contributed by atoms with E-state index in [9.17, 15) is 19.8 Å². The van der Waals surface area contributed by atoms with E-state index < -0.39 is 12.1 Å². The van der Waals surface area contributed by atoms with Crippen molar-refractivity contribution in [3.05, 3.63) is 24.3 Å². The lowest BCUT2D eigenvalue weighted by atomic mass is 10.0. The molecule has 0 rings (SSSR count). The number of ether oxygens (including phenoxy) is 1. The third-order valence-corrected chi connectivity index (χ3v) is 12.7. The first-order valence-electron chi connectivity index (χ1n) is 27.6. The number of unbranched alkanes of at least 4 members (excludes halogenated alkanes) is 38. The molecule has 0 saturated carbocycles. The van der Waals surface area contributed by atoms with Gasteiger partial charge in [-0.2, -0.15) is 0 Å². The molecular formula is C56H107NO5. The standard InChI is InChI=1S/C56H107NO5/c1-3-5-7-9-11-13-15-17-21-26-30-34-38-42-46-50-56(61)62-51-47-43-39-35-31-27-23-20-18-19-22-25-29-33-37-41-45-49-55(60)57-53(52-58)54(59)48-44-40-36-32-28-24-16-14-12-10-8-6-4-2/h17,21,44,48,53-54,58-59H,3-16,18-20,22-43,45-47,49-52H2,1-2H3,(H,57,60)/b21-17-,48-44+. The second-order valence-corrected chi connectivity index (χ2v) is 18.9. The van der Waals surface area contributed by atoms with Crippen molar-refractivity contribution in [3.63, 3.8) is 0 Å². The Balaban J connectivity index is 3.43. The molecule has 366 valence electrons. The molecule has 1 amide bonds. The van der Waals surface area contributed by atoms with Gasteiger partial charge in [-0.15, -0.1) is 0 Å². The summed E-state index contributed by atoms with van der Waals surface area (Å²) in [6.07, 6.45) is 61.9. The molecule has 2 unspecified atom stereocenters. The molecule has 0 aliphatic rings. The normalized spacial score (nSPS) is 12.8. The van der Waals surface area contributed by atoms with Gasteiger partial charge >= 0.3 is 5.97 Å². The third-order valence-electron chi connectivity index (χ3n) is 12.7. The lowest BCUT2D eigenvalue weighted by Crippen LogP contribution is -2.45. The molecule has 2 atom stereocenters. The maximum absolute atomic E-state index is 12.4. The molecule has 0 radical (unpaired) electrons. The molecular weight excluding hydrogens is 767 g/mol. The summed E-state index contributed by atoms with van der Waals surface area (Å²) in [5, 5.41) is 23.0. The van der Waals surface area contributed by atoms with Crippen molar-refractivity contribution in [3.8, 4) is 0 Å². The maximum Gasteiger partial charge on any atom is 0.305 e. The number of aliphatic hydroxyl groups excluding tert-OH is 2. The van der Waals surface area contributed by atoms with E-state index in [0.717, 1.165) is 44.9 Å². The molecule has 0 spiro atoms. The summed E-state index contributed by atoms with van der Waals surface area (Å²) in [6.45, 7) is 4.88. The first kappa shape index (κ1) is 60.3. The highest BCUT2D eigenvalue weighted by molar-refractivity contribution is 5.76. The summed E-state index contributed by atoms with van der Waals surface area (Å²) in [6, 6.07) is -0.631. The van der Waals surface area contributed by atoms with Crippen LogP contribution in [0.5, 0.6) is 0 Å². The van der Waals surface area contributed by atoms with Gasteiger partial charge in [0.25, 0.3) is 0 Å². The minimum atomic E-state index is -0.847. The predicted molar refractivity (Wildman–Crippen MR) is 269 cm³/mol. The molecule has 0 aromatic heterocycles. The number of hydrogen-bond donors (Lipinski definition) is 3. The topological polar surface area (TPSA) is 95.9 Å². The van der Waals surface area contributed by atoms with Gasteiger partial charge in [-0.1, -0.05) is 250 Å². The van der Waals surface area contributed by atoms with Crippen LogP contribution in [0.15, 0.2) is 24.3 Å². The number of esters is 1. The first-order chi connectivity index (χ1) is 30.5. The van der Waals surface area contributed by atoms with Crippen LogP contribution < -0.4 is 5.32 Å². The molecule has 3 N–H and O–H groups in total. The summed E-state index contributed by atoms with van der Waals surface area (Å²) < 4.78 is 5.47. The van der Waals surface area contributed by atoms with E-state index in [-0.39, 0.29) is 18.5 Å². The van der Waals surface area contributed by atoms with Gasteiger partial charge in [0.2, 0.25) is 5.91 Å². The van der Waals surface area contributed by atoms with Crippen LogP contribution in [0.2, 0.25) is 0 Å². The fourth-order valence-corrected chi connectivity index (χ4v) is 8.45. The average Bonchev–Trinajstić information content (AvgIpc) is 3.27. The van der Waals surface area contributed by atoms with E-state index in [1.807, 2.05) is 6.08 Å². The average molecular weight is 874 g/mol. The van der Waals surface area contributed by atoms with E-state index in [1.165, 1.54) is 225 Å². The molecule has 0 aliphatic carbocycles. The Morgan fingerprint density at radius 2 is 0.758 bits per heavy atom. The minimum absolute atomic E-state index is 0.00358. The predicted octanol–water partition coefficient (Wildman–Crippen LogP) is 16.7. The highest BCUT2D eigenvalue weighted by Crippen LogP contribution is 2.16. The van der Waals surface area contributed by atoms with Gasteiger partial charge < -0.3 is 20.3 Å². The van der Waals surface area contributed by atoms with Crippen LogP contribution in [0.4, 0.5) is 0 Å². The lowest BCUT2D eigenvalue weighted by molar-refractivity contribution is -0.143. The van der Waals surface area contributed by atoms with Crippen LogP contribution in [-0.2, 0) is 14.3 Å². The van der Waals surface area contributed by atoms with Crippen molar-refractivity contribution >= 4 is 11.9 Å². The van der Waals surface area contributed by atoms with Crippen molar-refractivity contribution in [2.24, 2.45) is 0 Å². The number of rotatable bonds is 51. The molecule has 0 heterocycles. The van der Waals surface area contributed by atoms with E-state index in [4.69, 9.17) is 4.74 Å². The monoisotopic (exact) mass is 874 g/mol. The van der Waals surface area contributed by atoms with Gasteiger partial charge in [-0.25, -0.2) is 0 Å². The highest BCUT2D eigenvalue weighted by atomic mass is 16.5. The number of hydrogen-bond acceptors (Lipinski definition) is 5. The van der Waals surface area contributed by atoms with E-state index >= 15 is 0 Å². The fourth-order valence-electron chi connectivity index (χ4n) is 8.45. The van der Waals surface area contributed by atoms with Crippen molar-refractivity contribution in [2.75, 3.05) is 13.2 Å². The van der Waals surface area contributed by atoms with E-state index in [2.05, 4.69) is 31.3 Å². The SMILES string of the molecule is CCCCCCCC/C=C\CCCCCCCC(=O)OCCCCCCCCCCCCCCCCCCCC(=O)NC(CO)C(O)/C=C/CCCCCCCCCCCCC. The van der Waals surface area contributed by atoms with Crippen molar-refractivity contribution in [2.45, 2.75) is 309 Å². The molecule has 6 heteroatoms. The molecule has 0 aliphatic heterocycles. The zero-order chi connectivity index (χ0) is 45.1. The van der Waals surface area contributed by atoms with Crippen LogP contribution >= 0.6 is 0 Å². The van der Waals surface area contributed by atoms with Gasteiger partial charge in [0.1, 0.15) is 0 Å². The lowest BCUT2D eigenvalue weighted by Gasteiger charge is -2.20. The molecule has 0 aromatic rings. The number of allylic oxidation sites excluding steroid dienone is 3. The quantitative estimate of drug-likeness (QED) is 0.0321. The Morgan fingerprint density at radius 1 is 0.435 bits per heavy atom. The van der Waals surface area contributed by atoms with E-state index in [0.29, 0.717) is 19.4 Å². The van der Waals surface area contributed by atoms with Gasteiger partial charge in [0.05, 0.1) is 25.4 Å². The number of amides is 1.